The molecule has 1 saturated heterocycles. The lowest BCUT2D eigenvalue weighted by Gasteiger charge is -2.32. The summed E-state index contributed by atoms with van der Waals surface area (Å²) in [5, 5.41) is 0.957. The molecule has 30 heavy (non-hydrogen) atoms. The Balaban J connectivity index is 1.42. The molecule has 0 atom stereocenters. The fourth-order valence-electron chi connectivity index (χ4n) is 4.00. The highest BCUT2D eigenvalue weighted by Gasteiger charge is 2.29. The average Bonchev–Trinajstić information content (AvgIpc) is 3.17. The van der Waals surface area contributed by atoms with Gasteiger partial charge in [0.1, 0.15) is 17.9 Å². The van der Waals surface area contributed by atoms with Crippen LogP contribution in [0.4, 0.5) is 0 Å². The van der Waals surface area contributed by atoms with Gasteiger partial charge in [-0.05, 0) is 37.3 Å². The van der Waals surface area contributed by atoms with Gasteiger partial charge in [0.15, 0.2) is 5.76 Å². The van der Waals surface area contributed by atoms with Gasteiger partial charge in [-0.25, -0.2) is 0 Å². The van der Waals surface area contributed by atoms with Crippen LogP contribution >= 0.6 is 0 Å². The molecule has 1 N–H and O–H groups in total. The highest BCUT2D eigenvalue weighted by atomic mass is 16.5. The van der Waals surface area contributed by atoms with Gasteiger partial charge in [-0.3, -0.25) is 4.79 Å². The second kappa shape index (κ2) is 9.32. The van der Waals surface area contributed by atoms with Gasteiger partial charge in [0, 0.05) is 23.1 Å². The summed E-state index contributed by atoms with van der Waals surface area (Å²) in [6.07, 6.45) is 0. The van der Waals surface area contributed by atoms with E-state index in [1.165, 1.54) is 10.5 Å². The number of fused-ring (bicyclic) bond motifs is 1. The molecule has 1 amide bonds. The summed E-state index contributed by atoms with van der Waals surface area (Å²) >= 11 is 0. The van der Waals surface area contributed by atoms with Gasteiger partial charge in [0.2, 0.25) is 0 Å². The fourth-order valence-corrected chi connectivity index (χ4v) is 4.00. The molecule has 1 fully saturated rings. The van der Waals surface area contributed by atoms with Gasteiger partial charge < -0.3 is 23.7 Å². The number of amides is 1. The van der Waals surface area contributed by atoms with Gasteiger partial charge in [-0.2, -0.15) is 0 Å². The third kappa shape index (κ3) is 4.35. The van der Waals surface area contributed by atoms with Crippen LogP contribution < -0.4 is 9.64 Å². The molecule has 0 aliphatic carbocycles. The summed E-state index contributed by atoms with van der Waals surface area (Å²) in [7, 11) is 1.68. The van der Waals surface area contributed by atoms with Crippen molar-refractivity contribution in [2.45, 2.75) is 20.1 Å². The predicted molar refractivity (Wildman–Crippen MR) is 115 cm³/mol. The van der Waals surface area contributed by atoms with Gasteiger partial charge in [-0.15, -0.1) is 0 Å². The standard InChI is InChI=1S/C24H28N2O4/c1-3-29-17-21-20-6-4-5-7-22(20)30-23(21)24(27)26-14-12-25(13-15-26)16-18-8-10-19(28-2)11-9-18/h4-11H,3,12-17H2,1-2H3/p+1. The molecule has 1 aliphatic rings. The Bertz CT molecular complexity index is 988. The molecule has 1 aromatic heterocycles. The van der Waals surface area contributed by atoms with Crippen molar-refractivity contribution in [1.82, 2.24) is 4.90 Å². The monoisotopic (exact) mass is 409 g/mol. The van der Waals surface area contributed by atoms with Crippen LogP contribution in [0.3, 0.4) is 0 Å². The van der Waals surface area contributed by atoms with Crippen LogP contribution in [-0.4, -0.2) is 50.7 Å². The Morgan fingerprint density at radius 3 is 2.53 bits per heavy atom. The first-order valence-electron chi connectivity index (χ1n) is 10.5. The van der Waals surface area contributed by atoms with Crippen LogP contribution in [0.1, 0.15) is 28.6 Å². The van der Waals surface area contributed by atoms with Crippen molar-refractivity contribution in [3.63, 3.8) is 0 Å². The van der Waals surface area contributed by atoms with Crippen molar-refractivity contribution in [3.8, 4) is 5.75 Å². The summed E-state index contributed by atoms with van der Waals surface area (Å²) < 4.78 is 16.8. The smallest absolute Gasteiger partial charge is 0.290 e. The number of hydrogen-bond donors (Lipinski definition) is 1. The second-order valence-electron chi connectivity index (χ2n) is 7.61. The first kappa shape index (κ1) is 20.4. The van der Waals surface area contributed by atoms with Crippen molar-refractivity contribution in [2.24, 2.45) is 0 Å². The quantitative estimate of drug-likeness (QED) is 0.652. The molecule has 3 aromatic rings. The van der Waals surface area contributed by atoms with Crippen molar-refractivity contribution in [2.75, 3.05) is 39.9 Å². The molecule has 2 aromatic carbocycles. The van der Waals surface area contributed by atoms with E-state index in [-0.39, 0.29) is 5.91 Å². The summed E-state index contributed by atoms with van der Waals surface area (Å²) in [4.78, 5) is 16.6. The van der Waals surface area contributed by atoms with E-state index in [4.69, 9.17) is 13.9 Å². The zero-order chi connectivity index (χ0) is 20.9. The molecule has 0 radical (unpaired) electrons. The predicted octanol–water partition coefficient (Wildman–Crippen LogP) is 2.52. The van der Waals surface area contributed by atoms with Gasteiger partial charge in [0.05, 0.1) is 39.9 Å². The van der Waals surface area contributed by atoms with Crippen LogP contribution in [0.15, 0.2) is 52.9 Å². The fraction of sp³-hybridized carbons (Fsp3) is 0.375. The lowest BCUT2D eigenvalue weighted by atomic mass is 10.1. The van der Waals surface area contributed by atoms with E-state index in [1.807, 2.05) is 48.2 Å². The molecule has 0 unspecified atom stereocenters. The van der Waals surface area contributed by atoms with Gasteiger partial charge >= 0.3 is 0 Å². The Morgan fingerprint density at radius 2 is 1.83 bits per heavy atom. The van der Waals surface area contributed by atoms with E-state index in [0.717, 1.165) is 55.0 Å². The number of carbonyl (C=O) groups excluding carboxylic acids is 1. The molecule has 0 bridgehead atoms. The molecule has 1 aliphatic heterocycles. The third-order valence-corrected chi connectivity index (χ3v) is 5.71. The lowest BCUT2D eigenvalue weighted by Crippen LogP contribution is -3.13. The van der Waals surface area contributed by atoms with E-state index in [0.29, 0.717) is 19.0 Å². The van der Waals surface area contributed by atoms with Crippen LogP contribution in [0.25, 0.3) is 11.0 Å². The summed E-state index contributed by atoms with van der Waals surface area (Å²) in [5.41, 5.74) is 2.87. The van der Waals surface area contributed by atoms with E-state index >= 15 is 0 Å². The summed E-state index contributed by atoms with van der Waals surface area (Å²) in [5.74, 6) is 1.26. The van der Waals surface area contributed by atoms with Crippen LogP contribution in [0, 0.1) is 0 Å². The van der Waals surface area contributed by atoms with Crippen molar-refractivity contribution < 1.29 is 23.6 Å². The average molecular weight is 410 g/mol. The molecular weight excluding hydrogens is 380 g/mol. The summed E-state index contributed by atoms with van der Waals surface area (Å²) in [6.45, 7) is 7.15. The number of methoxy groups -OCH3 is 1. The van der Waals surface area contributed by atoms with Crippen LogP contribution in [0.2, 0.25) is 0 Å². The number of nitrogens with zero attached hydrogens (tertiary/aromatic N) is 1. The minimum atomic E-state index is -0.0376. The molecule has 4 rings (SSSR count). The zero-order valence-corrected chi connectivity index (χ0v) is 17.6. The number of piperazine rings is 1. The van der Waals surface area contributed by atoms with E-state index in [9.17, 15) is 4.79 Å². The number of carbonyl (C=O) groups is 1. The summed E-state index contributed by atoms with van der Waals surface area (Å²) in [6, 6.07) is 16.0. The Labute approximate surface area is 177 Å². The van der Waals surface area contributed by atoms with Crippen LogP contribution in [0.5, 0.6) is 5.75 Å². The SMILES string of the molecule is CCOCc1c(C(=O)N2CC[NH+](Cc3ccc(OC)cc3)CC2)oc2ccccc12. The highest BCUT2D eigenvalue weighted by Crippen LogP contribution is 2.27. The molecule has 158 valence electrons. The number of ether oxygens (including phenoxy) is 2. The molecule has 2 heterocycles. The first-order valence-corrected chi connectivity index (χ1v) is 10.5. The topological polar surface area (TPSA) is 56.3 Å². The van der Waals surface area contributed by atoms with Gasteiger partial charge in [0.25, 0.3) is 5.91 Å². The number of para-hydroxylation sites is 1. The van der Waals surface area contributed by atoms with Crippen molar-refractivity contribution >= 4 is 16.9 Å². The number of benzene rings is 2. The molecular formula is C24H29N2O4+. The lowest BCUT2D eigenvalue weighted by molar-refractivity contribution is -0.917. The largest absolute Gasteiger partial charge is 0.497 e. The number of quaternary nitrogens is 1. The maximum Gasteiger partial charge on any atom is 0.290 e. The highest BCUT2D eigenvalue weighted by molar-refractivity contribution is 5.99. The minimum absolute atomic E-state index is 0.0376. The van der Waals surface area contributed by atoms with E-state index < -0.39 is 0 Å². The van der Waals surface area contributed by atoms with Crippen molar-refractivity contribution in [1.29, 1.82) is 0 Å². The Morgan fingerprint density at radius 1 is 1.10 bits per heavy atom. The third-order valence-electron chi connectivity index (χ3n) is 5.71. The normalized spacial score (nSPS) is 14.9. The Hall–Kier alpha value is -2.83. The maximum absolute atomic E-state index is 13.2. The number of nitrogens with one attached hydrogen (secondary N) is 1. The van der Waals surface area contributed by atoms with E-state index in [2.05, 4.69) is 12.1 Å². The second-order valence-corrected chi connectivity index (χ2v) is 7.61. The van der Waals surface area contributed by atoms with Crippen molar-refractivity contribution in [3.05, 3.63) is 65.4 Å². The molecule has 0 saturated carbocycles. The van der Waals surface area contributed by atoms with Crippen LogP contribution in [-0.2, 0) is 17.9 Å². The van der Waals surface area contributed by atoms with Gasteiger partial charge in [-0.1, -0.05) is 18.2 Å². The Kier molecular flexibility index (Phi) is 6.35. The first-order chi connectivity index (χ1) is 14.7. The molecule has 6 heteroatoms. The minimum Gasteiger partial charge on any atom is -0.497 e. The van der Waals surface area contributed by atoms with E-state index in [1.54, 1.807) is 7.11 Å². The maximum atomic E-state index is 13.2. The number of hydrogen-bond acceptors (Lipinski definition) is 4. The molecule has 0 spiro atoms. The number of furan rings is 1. The number of rotatable bonds is 7. The zero-order valence-electron chi connectivity index (χ0n) is 17.6. The molecule has 6 nitrogen and oxygen atoms in total.